The highest BCUT2D eigenvalue weighted by molar-refractivity contribution is 6.30. The van der Waals surface area contributed by atoms with Crippen molar-refractivity contribution in [2.45, 2.75) is 25.3 Å². The van der Waals surface area contributed by atoms with Crippen LogP contribution in [0.4, 0.5) is 0 Å². The second kappa shape index (κ2) is 5.12. The van der Waals surface area contributed by atoms with Crippen molar-refractivity contribution in [2.24, 2.45) is 0 Å². The standard InChI is InChI=1S/C14H15ClN2O/c15-11-3-1-10(2-4-11)13-9-17-14(18-13)7-8-16-12-5-6-12/h1-4,9,12,16H,5-8H2. The number of nitrogens with zero attached hydrogens (tertiary/aromatic N) is 1. The Morgan fingerprint density at radius 1 is 1.28 bits per heavy atom. The lowest BCUT2D eigenvalue weighted by atomic mass is 10.2. The van der Waals surface area contributed by atoms with Crippen LogP contribution in [0.25, 0.3) is 11.3 Å². The van der Waals surface area contributed by atoms with Crippen LogP contribution in [0, 0.1) is 0 Å². The van der Waals surface area contributed by atoms with Crippen LogP contribution in [0.5, 0.6) is 0 Å². The van der Waals surface area contributed by atoms with Crippen LogP contribution in [0.2, 0.25) is 5.02 Å². The summed E-state index contributed by atoms with van der Waals surface area (Å²) in [6.45, 7) is 0.936. The summed E-state index contributed by atoms with van der Waals surface area (Å²) in [7, 11) is 0. The first-order chi connectivity index (χ1) is 8.81. The van der Waals surface area contributed by atoms with Crippen molar-refractivity contribution in [3.05, 3.63) is 41.4 Å². The van der Waals surface area contributed by atoms with E-state index in [4.69, 9.17) is 16.0 Å². The van der Waals surface area contributed by atoms with E-state index in [2.05, 4.69) is 10.3 Å². The molecule has 94 valence electrons. The van der Waals surface area contributed by atoms with Crippen LogP contribution in [0.1, 0.15) is 18.7 Å². The Balaban J connectivity index is 1.62. The Morgan fingerprint density at radius 2 is 2.06 bits per heavy atom. The maximum Gasteiger partial charge on any atom is 0.196 e. The van der Waals surface area contributed by atoms with Crippen LogP contribution >= 0.6 is 11.6 Å². The minimum absolute atomic E-state index is 0.729. The maximum absolute atomic E-state index is 5.85. The van der Waals surface area contributed by atoms with Crippen LogP contribution in [0.3, 0.4) is 0 Å². The van der Waals surface area contributed by atoms with Gasteiger partial charge >= 0.3 is 0 Å². The third-order valence-corrected chi connectivity index (χ3v) is 3.28. The monoisotopic (exact) mass is 262 g/mol. The molecule has 0 saturated heterocycles. The summed E-state index contributed by atoms with van der Waals surface area (Å²) in [6.07, 6.45) is 5.23. The number of hydrogen-bond donors (Lipinski definition) is 1. The first kappa shape index (κ1) is 11.8. The van der Waals surface area contributed by atoms with Crippen molar-refractivity contribution in [2.75, 3.05) is 6.54 Å². The van der Waals surface area contributed by atoms with E-state index >= 15 is 0 Å². The van der Waals surface area contributed by atoms with Crippen LogP contribution in [-0.2, 0) is 6.42 Å². The van der Waals surface area contributed by atoms with Crippen molar-refractivity contribution in [3.63, 3.8) is 0 Å². The van der Waals surface area contributed by atoms with E-state index in [1.807, 2.05) is 24.3 Å². The van der Waals surface area contributed by atoms with Gasteiger partial charge in [-0.15, -0.1) is 0 Å². The molecule has 1 aliphatic carbocycles. The molecule has 1 fully saturated rings. The summed E-state index contributed by atoms with van der Waals surface area (Å²) >= 11 is 5.85. The minimum atomic E-state index is 0.729. The van der Waals surface area contributed by atoms with Crippen LogP contribution < -0.4 is 5.32 Å². The second-order valence-corrected chi connectivity index (χ2v) is 5.04. The van der Waals surface area contributed by atoms with E-state index in [-0.39, 0.29) is 0 Å². The maximum atomic E-state index is 5.85. The van der Waals surface area contributed by atoms with Gasteiger partial charge in [0.15, 0.2) is 11.7 Å². The van der Waals surface area contributed by atoms with Gasteiger partial charge < -0.3 is 9.73 Å². The molecule has 1 heterocycles. The molecule has 3 rings (SSSR count). The van der Waals surface area contributed by atoms with Gasteiger partial charge in [-0.2, -0.15) is 0 Å². The first-order valence-corrected chi connectivity index (χ1v) is 6.63. The van der Waals surface area contributed by atoms with Crippen molar-refractivity contribution in [3.8, 4) is 11.3 Å². The number of benzene rings is 1. The summed E-state index contributed by atoms with van der Waals surface area (Å²) in [5, 5.41) is 4.17. The van der Waals surface area contributed by atoms with E-state index in [9.17, 15) is 0 Å². The molecule has 0 bridgehead atoms. The molecule has 0 radical (unpaired) electrons. The SMILES string of the molecule is Clc1ccc(-c2cnc(CCNC3CC3)o2)cc1. The summed E-state index contributed by atoms with van der Waals surface area (Å²) in [5.74, 6) is 1.58. The topological polar surface area (TPSA) is 38.1 Å². The van der Waals surface area contributed by atoms with Gasteiger partial charge in [0.2, 0.25) is 0 Å². The largest absolute Gasteiger partial charge is 0.441 e. The smallest absolute Gasteiger partial charge is 0.196 e. The summed E-state index contributed by atoms with van der Waals surface area (Å²) in [6, 6.07) is 8.32. The van der Waals surface area contributed by atoms with Gasteiger partial charge in [-0.1, -0.05) is 11.6 Å². The Hall–Kier alpha value is -1.32. The molecule has 18 heavy (non-hydrogen) atoms. The third kappa shape index (κ3) is 2.92. The van der Waals surface area contributed by atoms with E-state index in [0.717, 1.165) is 41.2 Å². The summed E-state index contributed by atoms with van der Waals surface area (Å²) in [5.41, 5.74) is 1.01. The molecular weight excluding hydrogens is 248 g/mol. The fourth-order valence-corrected chi connectivity index (χ4v) is 1.97. The molecule has 3 nitrogen and oxygen atoms in total. The highest BCUT2D eigenvalue weighted by Crippen LogP contribution is 2.22. The number of oxazole rings is 1. The molecule has 1 N–H and O–H groups in total. The van der Waals surface area contributed by atoms with Gasteiger partial charge in [-0.25, -0.2) is 4.98 Å². The first-order valence-electron chi connectivity index (χ1n) is 6.25. The molecule has 0 spiro atoms. The molecular formula is C14H15ClN2O. The number of halogens is 1. The van der Waals surface area contributed by atoms with Gasteiger partial charge in [0, 0.05) is 29.6 Å². The predicted octanol–water partition coefficient (Wildman–Crippen LogP) is 3.29. The van der Waals surface area contributed by atoms with Gasteiger partial charge in [-0.05, 0) is 37.1 Å². The molecule has 0 aliphatic heterocycles. The number of nitrogens with one attached hydrogen (secondary N) is 1. The normalized spacial score (nSPS) is 14.9. The molecule has 2 aromatic rings. The van der Waals surface area contributed by atoms with Crippen molar-refractivity contribution < 1.29 is 4.42 Å². The van der Waals surface area contributed by atoms with Crippen molar-refractivity contribution >= 4 is 11.6 Å². The molecule has 1 aliphatic rings. The average Bonchev–Trinajstić information content (AvgIpc) is 3.08. The molecule has 1 saturated carbocycles. The molecule has 0 unspecified atom stereocenters. The summed E-state index contributed by atoms with van der Waals surface area (Å²) in [4.78, 5) is 4.29. The zero-order chi connectivity index (χ0) is 12.4. The zero-order valence-corrected chi connectivity index (χ0v) is 10.8. The van der Waals surface area contributed by atoms with Gasteiger partial charge in [-0.3, -0.25) is 0 Å². The second-order valence-electron chi connectivity index (χ2n) is 4.60. The molecule has 1 aromatic carbocycles. The highest BCUT2D eigenvalue weighted by atomic mass is 35.5. The highest BCUT2D eigenvalue weighted by Gasteiger charge is 2.20. The fourth-order valence-electron chi connectivity index (χ4n) is 1.84. The van der Waals surface area contributed by atoms with Gasteiger partial charge in [0.05, 0.1) is 6.20 Å². The van der Waals surface area contributed by atoms with E-state index in [1.54, 1.807) is 6.20 Å². The minimum Gasteiger partial charge on any atom is -0.441 e. The lowest BCUT2D eigenvalue weighted by Gasteiger charge is -1.99. The Bertz CT molecular complexity index is 517. The predicted molar refractivity (Wildman–Crippen MR) is 71.7 cm³/mol. The molecule has 0 amide bonds. The number of aromatic nitrogens is 1. The molecule has 1 aromatic heterocycles. The zero-order valence-electron chi connectivity index (χ0n) is 10.0. The quantitative estimate of drug-likeness (QED) is 0.899. The van der Waals surface area contributed by atoms with E-state index in [1.165, 1.54) is 12.8 Å². The Morgan fingerprint density at radius 3 is 2.78 bits per heavy atom. The number of rotatable bonds is 5. The van der Waals surface area contributed by atoms with Crippen molar-refractivity contribution in [1.29, 1.82) is 0 Å². The lowest BCUT2D eigenvalue weighted by Crippen LogP contribution is -2.19. The van der Waals surface area contributed by atoms with Crippen LogP contribution in [-0.4, -0.2) is 17.6 Å². The molecule has 4 heteroatoms. The Kier molecular flexibility index (Phi) is 3.35. The van der Waals surface area contributed by atoms with Crippen molar-refractivity contribution in [1.82, 2.24) is 10.3 Å². The average molecular weight is 263 g/mol. The lowest BCUT2D eigenvalue weighted by molar-refractivity contribution is 0.494. The summed E-state index contributed by atoms with van der Waals surface area (Å²) < 4.78 is 5.72. The number of hydrogen-bond acceptors (Lipinski definition) is 3. The molecule has 0 atom stereocenters. The Labute approximate surface area is 111 Å². The third-order valence-electron chi connectivity index (χ3n) is 3.03. The van der Waals surface area contributed by atoms with E-state index < -0.39 is 0 Å². The van der Waals surface area contributed by atoms with Gasteiger partial charge in [0.1, 0.15) is 0 Å². The van der Waals surface area contributed by atoms with Gasteiger partial charge in [0.25, 0.3) is 0 Å². The van der Waals surface area contributed by atoms with Crippen LogP contribution in [0.15, 0.2) is 34.9 Å². The van der Waals surface area contributed by atoms with E-state index in [0.29, 0.717) is 0 Å². The fraction of sp³-hybridized carbons (Fsp3) is 0.357.